The number of unbranched alkanes of at least 4 members (excludes halogenated alkanes) is 2. The van der Waals surface area contributed by atoms with Crippen LogP contribution in [0.4, 0.5) is 0 Å². The molecular weight excluding hydrogens is 256 g/mol. The highest BCUT2D eigenvalue weighted by Gasteiger charge is 2.39. The maximum atomic E-state index is 12.4. The molecule has 0 saturated carbocycles. The van der Waals surface area contributed by atoms with Gasteiger partial charge in [0, 0.05) is 6.04 Å². The molecule has 1 fully saturated rings. The fourth-order valence-electron chi connectivity index (χ4n) is 2.73. The first-order valence-electron chi connectivity index (χ1n) is 7.25. The van der Waals surface area contributed by atoms with Crippen LogP contribution in [0.1, 0.15) is 58.2 Å². The molecule has 3 unspecified atom stereocenters. The van der Waals surface area contributed by atoms with Crippen molar-refractivity contribution in [2.75, 3.05) is 0 Å². The number of carbonyl (C=O) groups is 1. The molecule has 106 valence electrons. The summed E-state index contributed by atoms with van der Waals surface area (Å²) < 4.78 is 0. The van der Waals surface area contributed by atoms with Gasteiger partial charge in [-0.25, -0.2) is 0 Å². The minimum atomic E-state index is -0.0708. The average Bonchev–Trinajstić information content (AvgIpc) is 2.99. The molecule has 19 heavy (non-hydrogen) atoms. The first-order chi connectivity index (χ1) is 9.15. The van der Waals surface area contributed by atoms with Crippen molar-refractivity contribution >= 4 is 17.2 Å². The van der Waals surface area contributed by atoms with Crippen LogP contribution in [0.3, 0.4) is 0 Å². The molecule has 0 aliphatic carbocycles. The van der Waals surface area contributed by atoms with Crippen molar-refractivity contribution in [3.63, 3.8) is 0 Å². The molecule has 1 saturated heterocycles. The number of hydrogen-bond acceptors (Lipinski definition) is 3. The van der Waals surface area contributed by atoms with Crippen molar-refractivity contribution in [3.05, 3.63) is 22.4 Å². The number of nitrogens with zero attached hydrogens (tertiary/aromatic N) is 1. The van der Waals surface area contributed by atoms with Gasteiger partial charge in [-0.2, -0.15) is 11.3 Å². The minimum absolute atomic E-state index is 0.0605. The predicted molar refractivity (Wildman–Crippen MR) is 80.1 cm³/mol. The topological polar surface area (TPSA) is 32.3 Å². The first-order valence-corrected chi connectivity index (χ1v) is 8.19. The van der Waals surface area contributed by atoms with Gasteiger partial charge in [0.1, 0.15) is 6.17 Å². The van der Waals surface area contributed by atoms with Crippen LogP contribution in [0.25, 0.3) is 0 Å². The second-order valence-electron chi connectivity index (χ2n) is 5.44. The summed E-state index contributed by atoms with van der Waals surface area (Å²) in [4.78, 5) is 14.4. The van der Waals surface area contributed by atoms with E-state index in [1.165, 1.54) is 24.8 Å². The van der Waals surface area contributed by atoms with Crippen LogP contribution in [0.15, 0.2) is 16.8 Å². The van der Waals surface area contributed by atoms with E-state index in [-0.39, 0.29) is 18.1 Å². The zero-order valence-electron chi connectivity index (χ0n) is 12.1. The summed E-state index contributed by atoms with van der Waals surface area (Å²) in [5.41, 5.74) is 1.21. The van der Waals surface area contributed by atoms with Gasteiger partial charge in [-0.05, 0) is 42.7 Å². The molecule has 4 heteroatoms. The van der Waals surface area contributed by atoms with Gasteiger partial charge in [-0.1, -0.05) is 26.2 Å². The Morgan fingerprint density at radius 2 is 2.26 bits per heavy atom. The quantitative estimate of drug-likeness (QED) is 0.808. The molecule has 1 aromatic rings. The van der Waals surface area contributed by atoms with Crippen LogP contribution < -0.4 is 5.32 Å². The SMILES string of the molecule is CCCCCC(C)N1C(=O)C(C)NC1c1ccsc1. The fourth-order valence-corrected chi connectivity index (χ4v) is 3.41. The van der Waals surface area contributed by atoms with Crippen LogP contribution in [0.5, 0.6) is 0 Å². The maximum absolute atomic E-state index is 12.4. The van der Waals surface area contributed by atoms with Crippen LogP contribution >= 0.6 is 11.3 Å². The van der Waals surface area contributed by atoms with Crippen molar-refractivity contribution in [3.8, 4) is 0 Å². The van der Waals surface area contributed by atoms with E-state index in [0.29, 0.717) is 6.04 Å². The van der Waals surface area contributed by atoms with E-state index in [1.807, 2.05) is 11.8 Å². The highest BCUT2D eigenvalue weighted by atomic mass is 32.1. The Morgan fingerprint density at radius 1 is 1.47 bits per heavy atom. The average molecular weight is 280 g/mol. The molecule has 2 heterocycles. The third-order valence-electron chi connectivity index (χ3n) is 3.87. The lowest BCUT2D eigenvalue weighted by molar-refractivity contribution is -0.131. The van der Waals surface area contributed by atoms with Gasteiger partial charge in [0.15, 0.2) is 0 Å². The summed E-state index contributed by atoms with van der Waals surface area (Å²) >= 11 is 1.69. The monoisotopic (exact) mass is 280 g/mol. The highest BCUT2D eigenvalue weighted by Crippen LogP contribution is 2.30. The van der Waals surface area contributed by atoms with E-state index in [9.17, 15) is 4.79 Å². The molecule has 1 aromatic heterocycles. The number of nitrogens with one attached hydrogen (secondary N) is 1. The molecule has 0 bridgehead atoms. The van der Waals surface area contributed by atoms with Gasteiger partial charge in [-0.3, -0.25) is 10.1 Å². The molecule has 0 spiro atoms. The Kier molecular flexibility index (Phi) is 4.99. The molecule has 3 nitrogen and oxygen atoms in total. The summed E-state index contributed by atoms with van der Waals surface area (Å²) in [6.07, 6.45) is 4.83. The largest absolute Gasteiger partial charge is 0.319 e. The highest BCUT2D eigenvalue weighted by molar-refractivity contribution is 7.07. The smallest absolute Gasteiger partial charge is 0.241 e. The van der Waals surface area contributed by atoms with E-state index in [4.69, 9.17) is 0 Å². The molecule has 2 rings (SSSR count). The van der Waals surface area contributed by atoms with Crippen LogP contribution in [-0.2, 0) is 4.79 Å². The summed E-state index contributed by atoms with van der Waals surface area (Å²) in [6.45, 7) is 6.34. The van der Waals surface area contributed by atoms with E-state index in [0.717, 1.165) is 6.42 Å². The van der Waals surface area contributed by atoms with Crippen molar-refractivity contribution < 1.29 is 4.79 Å². The second kappa shape index (κ2) is 6.53. The van der Waals surface area contributed by atoms with Gasteiger partial charge in [0.05, 0.1) is 6.04 Å². The fraction of sp³-hybridized carbons (Fsp3) is 0.667. The number of rotatable bonds is 6. The van der Waals surface area contributed by atoms with Crippen LogP contribution in [-0.4, -0.2) is 22.9 Å². The predicted octanol–water partition coefficient (Wildman–Crippen LogP) is 3.54. The molecule has 1 amide bonds. The summed E-state index contributed by atoms with van der Waals surface area (Å²) in [7, 11) is 0. The summed E-state index contributed by atoms with van der Waals surface area (Å²) in [6, 6.07) is 2.35. The van der Waals surface area contributed by atoms with E-state index < -0.39 is 0 Å². The number of hydrogen-bond donors (Lipinski definition) is 1. The Bertz CT molecular complexity index is 404. The van der Waals surface area contributed by atoms with E-state index in [1.54, 1.807) is 11.3 Å². The van der Waals surface area contributed by atoms with Gasteiger partial charge in [-0.15, -0.1) is 0 Å². The Hall–Kier alpha value is -0.870. The molecule has 1 aliphatic rings. The Morgan fingerprint density at radius 3 is 2.89 bits per heavy atom. The number of thiophene rings is 1. The zero-order valence-corrected chi connectivity index (χ0v) is 12.9. The third kappa shape index (κ3) is 3.18. The summed E-state index contributed by atoms with van der Waals surface area (Å²) in [5, 5.41) is 7.62. The minimum Gasteiger partial charge on any atom is -0.319 e. The standard InChI is InChI=1S/C15H24N2OS/c1-4-5-6-7-11(2)17-14(13-8-9-19-10-13)16-12(3)15(17)18/h8-12,14,16H,4-7H2,1-3H3. The third-order valence-corrected chi connectivity index (χ3v) is 4.57. The summed E-state index contributed by atoms with van der Waals surface area (Å²) in [5.74, 6) is 0.236. The number of carbonyl (C=O) groups excluding carboxylic acids is 1. The van der Waals surface area contributed by atoms with Crippen molar-refractivity contribution in [2.45, 2.75) is 64.7 Å². The second-order valence-corrected chi connectivity index (χ2v) is 6.22. The van der Waals surface area contributed by atoms with Gasteiger partial charge in [0.25, 0.3) is 0 Å². The molecule has 1 N–H and O–H groups in total. The van der Waals surface area contributed by atoms with Crippen molar-refractivity contribution in [1.29, 1.82) is 0 Å². The lowest BCUT2D eigenvalue weighted by Crippen LogP contribution is -2.38. The van der Waals surface area contributed by atoms with Gasteiger partial charge in [0.2, 0.25) is 5.91 Å². The van der Waals surface area contributed by atoms with Crippen molar-refractivity contribution in [2.24, 2.45) is 0 Å². The zero-order chi connectivity index (χ0) is 13.8. The van der Waals surface area contributed by atoms with Crippen LogP contribution in [0.2, 0.25) is 0 Å². The lowest BCUT2D eigenvalue weighted by atomic mass is 10.1. The number of amides is 1. The normalized spacial score (nSPS) is 25.0. The van der Waals surface area contributed by atoms with Crippen LogP contribution in [0, 0.1) is 0 Å². The van der Waals surface area contributed by atoms with E-state index in [2.05, 4.69) is 36.0 Å². The van der Waals surface area contributed by atoms with Crippen molar-refractivity contribution in [1.82, 2.24) is 10.2 Å². The molecule has 0 aromatic carbocycles. The lowest BCUT2D eigenvalue weighted by Gasteiger charge is -2.30. The molecule has 1 aliphatic heterocycles. The molecular formula is C15H24N2OS. The molecule has 0 radical (unpaired) electrons. The van der Waals surface area contributed by atoms with Gasteiger partial charge >= 0.3 is 0 Å². The first kappa shape index (κ1) is 14.5. The Balaban J connectivity index is 2.07. The molecule has 3 atom stereocenters. The maximum Gasteiger partial charge on any atom is 0.241 e. The van der Waals surface area contributed by atoms with Gasteiger partial charge < -0.3 is 4.90 Å². The Labute approximate surface area is 120 Å². The van der Waals surface area contributed by atoms with E-state index >= 15 is 0 Å².